The Balaban J connectivity index is 1.42. The van der Waals surface area contributed by atoms with Crippen LogP contribution in [0.3, 0.4) is 0 Å². The van der Waals surface area contributed by atoms with Crippen LogP contribution >= 0.6 is 11.8 Å². The number of carbonyl (C=O) groups excluding carboxylic acids is 1. The molecular weight excluding hydrogens is 410 g/mol. The summed E-state index contributed by atoms with van der Waals surface area (Å²) in [6.07, 6.45) is 2.19. The fourth-order valence-electron chi connectivity index (χ4n) is 2.89. The van der Waals surface area contributed by atoms with Crippen molar-refractivity contribution >= 4 is 23.4 Å². The standard InChI is InChI=1S/C21H20F2N4O2S/c1-13(19(28)24-15-9-11-17(12-10-15)29-20(22)23)30-21-25-18(14-7-8-14)27(26-21)16-5-3-2-4-6-16/h2-6,9-14,20H,7-8H2,1H3,(H,24,28). The Bertz CT molecular complexity index is 1010. The molecule has 30 heavy (non-hydrogen) atoms. The fourth-order valence-corrected chi connectivity index (χ4v) is 3.65. The Morgan fingerprint density at radius 3 is 2.50 bits per heavy atom. The maximum atomic E-state index is 12.5. The SMILES string of the molecule is CC(Sc1nc(C2CC2)n(-c2ccccc2)n1)C(=O)Nc1ccc(OC(F)F)cc1. The van der Waals surface area contributed by atoms with Gasteiger partial charge < -0.3 is 10.1 Å². The lowest BCUT2D eigenvalue weighted by atomic mass is 10.3. The van der Waals surface area contributed by atoms with Gasteiger partial charge in [0.1, 0.15) is 11.6 Å². The lowest BCUT2D eigenvalue weighted by molar-refractivity contribution is -0.115. The van der Waals surface area contributed by atoms with Gasteiger partial charge >= 0.3 is 6.61 Å². The maximum absolute atomic E-state index is 12.5. The number of para-hydroxylation sites is 1. The van der Waals surface area contributed by atoms with E-state index in [0.29, 0.717) is 16.8 Å². The molecule has 1 N–H and O–H groups in total. The van der Waals surface area contributed by atoms with Gasteiger partial charge in [0, 0.05) is 11.6 Å². The third kappa shape index (κ3) is 4.96. The summed E-state index contributed by atoms with van der Waals surface area (Å²) in [5, 5.41) is 7.48. The lowest BCUT2D eigenvalue weighted by Crippen LogP contribution is -2.22. The van der Waals surface area contributed by atoms with E-state index >= 15 is 0 Å². The molecule has 0 aliphatic heterocycles. The van der Waals surface area contributed by atoms with E-state index in [9.17, 15) is 13.6 Å². The van der Waals surface area contributed by atoms with Crippen molar-refractivity contribution in [2.75, 3.05) is 5.32 Å². The first-order valence-corrected chi connectivity index (χ1v) is 10.4. The smallest absolute Gasteiger partial charge is 0.387 e. The van der Waals surface area contributed by atoms with Crippen molar-refractivity contribution in [3.8, 4) is 11.4 Å². The molecule has 1 aromatic heterocycles. The first kappa shape index (κ1) is 20.3. The van der Waals surface area contributed by atoms with Crippen molar-refractivity contribution < 1.29 is 18.3 Å². The summed E-state index contributed by atoms with van der Waals surface area (Å²) in [5.41, 5.74) is 1.44. The molecule has 1 atom stereocenters. The number of amides is 1. The van der Waals surface area contributed by atoms with Crippen molar-refractivity contribution in [1.29, 1.82) is 0 Å². The zero-order chi connectivity index (χ0) is 21.1. The van der Waals surface area contributed by atoms with E-state index in [1.54, 1.807) is 6.92 Å². The number of nitrogens with one attached hydrogen (secondary N) is 1. The number of hydrogen-bond acceptors (Lipinski definition) is 5. The summed E-state index contributed by atoms with van der Waals surface area (Å²) in [6.45, 7) is -1.11. The predicted octanol–water partition coefficient (Wildman–Crippen LogP) is 4.87. The summed E-state index contributed by atoms with van der Waals surface area (Å²) in [4.78, 5) is 17.2. The molecule has 1 aliphatic rings. The van der Waals surface area contributed by atoms with Crippen LogP contribution < -0.4 is 10.1 Å². The average molecular weight is 430 g/mol. The van der Waals surface area contributed by atoms with Crippen LogP contribution in [0.25, 0.3) is 5.69 Å². The Morgan fingerprint density at radius 1 is 1.17 bits per heavy atom. The highest BCUT2D eigenvalue weighted by Gasteiger charge is 2.31. The van der Waals surface area contributed by atoms with Gasteiger partial charge in [-0.1, -0.05) is 30.0 Å². The van der Waals surface area contributed by atoms with E-state index in [-0.39, 0.29) is 11.7 Å². The number of benzene rings is 2. The molecule has 1 saturated carbocycles. The molecule has 3 aromatic rings. The van der Waals surface area contributed by atoms with Crippen LogP contribution in [0.4, 0.5) is 14.5 Å². The highest BCUT2D eigenvalue weighted by Crippen LogP contribution is 2.40. The van der Waals surface area contributed by atoms with Crippen LogP contribution in [-0.2, 0) is 4.79 Å². The highest BCUT2D eigenvalue weighted by atomic mass is 32.2. The fraction of sp³-hybridized carbons (Fsp3) is 0.286. The average Bonchev–Trinajstić information content (AvgIpc) is 3.50. The monoisotopic (exact) mass is 430 g/mol. The van der Waals surface area contributed by atoms with E-state index in [1.165, 1.54) is 36.0 Å². The van der Waals surface area contributed by atoms with E-state index < -0.39 is 11.9 Å². The first-order chi connectivity index (χ1) is 14.5. The van der Waals surface area contributed by atoms with Gasteiger partial charge in [0.2, 0.25) is 11.1 Å². The molecule has 1 amide bonds. The van der Waals surface area contributed by atoms with Gasteiger partial charge in [-0.25, -0.2) is 9.67 Å². The van der Waals surface area contributed by atoms with Gasteiger partial charge in [0.05, 0.1) is 10.9 Å². The second kappa shape index (κ2) is 8.83. The van der Waals surface area contributed by atoms with Crippen LogP contribution in [0.15, 0.2) is 59.8 Å². The zero-order valence-corrected chi connectivity index (χ0v) is 17.0. The van der Waals surface area contributed by atoms with Crippen LogP contribution in [0.2, 0.25) is 0 Å². The van der Waals surface area contributed by atoms with Gasteiger partial charge in [-0.3, -0.25) is 4.79 Å². The third-order valence-corrected chi connectivity index (χ3v) is 5.51. The Hall–Kier alpha value is -2.94. The number of halogens is 2. The summed E-state index contributed by atoms with van der Waals surface area (Å²) >= 11 is 1.28. The largest absolute Gasteiger partial charge is 0.435 e. The van der Waals surface area contributed by atoms with Crippen LogP contribution in [0, 0.1) is 0 Å². The molecule has 1 aliphatic carbocycles. The minimum Gasteiger partial charge on any atom is -0.435 e. The molecule has 1 fully saturated rings. The molecular formula is C21H20F2N4O2S. The van der Waals surface area contributed by atoms with Crippen molar-refractivity contribution in [3.63, 3.8) is 0 Å². The number of nitrogens with zero attached hydrogens (tertiary/aromatic N) is 3. The maximum Gasteiger partial charge on any atom is 0.387 e. The van der Waals surface area contributed by atoms with Gasteiger partial charge in [0.15, 0.2) is 0 Å². The molecule has 0 saturated heterocycles. The number of aromatic nitrogens is 3. The minimum atomic E-state index is -2.88. The molecule has 6 nitrogen and oxygen atoms in total. The summed E-state index contributed by atoms with van der Waals surface area (Å²) in [6, 6.07) is 15.6. The molecule has 156 valence electrons. The molecule has 4 rings (SSSR count). The van der Waals surface area contributed by atoms with Gasteiger partial charge in [0.25, 0.3) is 0 Å². The van der Waals surface area contributed by atoms with E-state index in [1.807, 2.05) is 35.0 Å². The second-order valence-electron chi connectivity index (χ2n) is 6.93. The van der Waals surface area contributed by atoms with Crippen LogP contribution in [0.5, 0.6) is 5.75 Å². The zero-order valence-electron chi connectivity index (χ0n) is 16.2. The summed E-state index contributed by atoms with van der Waals surface area (Å²) in [5.74, 6) is 1.14. The van der Waals surface area contributed by atoms with Crippen molar-refractivity contribution in [2.45, 2.75) is 42.7 Å². The van der Waals surface area contributed by atoms with E-state index in [2.05, 4.69) is 20.1 Å². The quantitative estimate of drug-likeness (QED) is 0.517. The number of ether oxygens (including phenoxy) is 1. The van der Waals surface area contributed by atoms with Gasteiger partial charge in [-0.2, -0.15) is 8.78 Å². The molecule has 2 aromatic carbocycles. The first-order valence-electron chi connectivity index (χ1n) is 9.54. The van der Waals surface area contributed by atoms with Crippen molar-refractivity contribution in [1.82, 2.24) is 14.8 Å². The van der Waals surface area contributed by atoms with E-state index in [4.69, 9.17) is 0 Å². The van der Waals surface area contributed by atoms with Crippen LogP contribution in [0.1, 0.15) is 31.5 Å². The summed E-state index contributed by atoms with van der Waals surface area (Å²) in [7, 11) is 0. The minimum absolute atomic E-state index is 0.0358. The number of thioether (sulfide) groups is 1. The number of anilines is 1. The highest BCUT2D eigenvalue weighted by molar-refractivity contribution is 8.00. The normalized spacial score (nSPS) is 14.5. The van der Waals surface area contributed by atoms with Crippen molar-refractivity contribution in [2.24, 2.45) is 0 Å². The van der Waals surface area contributed by atoms with E-state index in [0.717, 1.165) is 24.4 Å². The molecule has 1 heterocycles. The number of alkyl halides is 2. The number of hydrogen-bond donors (Lipinski definition) is 1. The predicted molar refractivity (Wildman–Crippen MR) is 110 cm³/mol. The van der Waals surface area contributed by atoms with Crippen LogP contribution in [-0.4, -0.2) is 32.5 Å². The number of carbonyl (C=O) groups is 1. The molecule has 0 bridgehead atoms. The van der Waals surface area contributed by atoms with Crippen molar-refractivity contribution in [3.05, 3.63) is 60.4 Å². The molecule has 1 unspecified atom stereocenters. The second-order valence-corrected chi connectivity index (χ2v) is 8.23. The lowest BCUT2D eigenvalue weighted by Gasteiger charge is -2.11. The Kier molecular flexibility index (Phi) is 5.98. The Labute approximate surface area is 176 Å². The topological polar surface area (TPSA) is 69.0 Å². The van der Waals surface area contributed by atoms with Gasteiger partial charge in [-0.05, 0) is 56.2 Å². The summed E-state index contributed by atoms with van der Waals surface area (Å²) < 4.78 is 30.6. The molecule has 9 heteroatoms. The van der Waals surface area contributed by atoms with Gasteiger partial charge in [-0.15, -0.1) is 5.10 Å². The molecule has 0 spiro atoms. The molecule has 0 radical (unpaired) electrons. The Morgan fingerprint density at radius 2 is 1.87 bits per heavy atom. The third-order valence-electron chi connectivity index (χ3n) is 4.55. The number of rotatable bonds is 8.